The van der Waals surface area contributed by atoms with Crippen molar-refractivity contribution in [2.24, 2.45) is 0 Å². The molecular weight excluding hydrogens is 274 g/mol. The van der Waals surface area contributed by atoms with Gasteiger partial charge in [-0.25, -0.2) is 0 Å². The van der Waals surface area contributed by atoms with Gasteiger partial charge in [0.1, 0.15) is 4.32 Å². The first-order valence-corrected chi connectivity index (χ1v) is 7.47. The third-order valence-corrected chi connectivity index (χ3v) is 4.39. The summed E-state index contributed by atoms with van der Waals surface area (Å²) in [6.07, 6.45) is 1.95. The molecule has 4 heteroatoms. The maximum atomic E-state index is 12.3. The van der Waals surface area contributed by atoms with E-state index in [0.29, 0.717) is 9.23 Å². The Morgan fingerprint density at radius 1 is 1.32 bits per heavy atom. The Morgan fingerprint density at radius 2 is 2.00 bits per heavy atom. The van der Waals surface area contributed by atoms with Gasteiger partial charge in [-0.05, 0) is 44.9 Å². The molecule has 2 rings (SSSR count). The Bertz CT molecular complexity index is 576. The summed E-state index contributed by atoms with van der Waals surface area (Å²) in [6.45, 7) is 8.06. The average molecular weight is 291 g/mol. The van der Waals surface area contributed by atoms with Crippen molar-refractivity contribution in [2.75, 3.05) is 0 Å². The lowest BCUT2D eigenvalue weighted by Gasteiger charge is -2.18. The van der Waals surface area contributed by atoms with Crippen molar-refractivity contribution in [3.8, 4) is 0 Å². The second-order valence-corrected chi connectivity index (χ2v) is 6.68. The standard InChI is InChI=1S/C15H17NOS2/c1-9(2)16-14(17)13(19-15(16)18)8-12-7-10(3)5-6-11(12)4/h5-9H,1-4H3/b13-8+. The molecule has 0 aromatic heterocycles. The van der Waals surface area contributed by atoms with Crippen molar-refractivity contribution in [2.45, 2.75) is 33.7 Å². The summed E-state index contributed by atoms with van der Waals surface area (Å²) in [5.74, 6) is 0.0194. The van der Waals surface area contributed by atoms with E-state index in [1.165, 1.54) is 22.9 Å². The molecule has 0 radical (unpaired) electrons. The molecule has 1 aromatic rings. The number of amides is 1. The SMILES string of the molecule is Cc1ccc(C)c(/C=C2/SC(=S)N(C(C)C)C2=O)c1. The normalized spacial score (nSPS) is 17.9. The van der Waals surface area contributed by atoms with E-state index in [4.69, 9.17) is 12.2 Å². The summed E-state index contributed by atoms with van der Waals surface area (Å²) in [5, 5.41) is 0. The highest BCUT2D eigenvalue weighted by Crippen LogP contribution is 2.34. The van der Waals surface area contributed by atoms with Gasteiger partial charge in [-0.15, -0.1) is 0 Å². The Morgan fingerprint density at radius 3 is 2.58 bits per heavy atom. The molecule has 1 heterocycles. The number of thioether (sulfide) groups is 1. The number of carbonyl (C=O) groups excluding carboxylic acids is 1. The zero-order valence-electron chi connectivity index (χ0n) is 11.6. The smallest absolute Gasteiger partial charge is 0.266 e. The first-order valence-electron chi connectivity index (χ1n) is 6.24. The minimum absolute atomic E-state index is 0.0194. The van der Waals surface area contributed by atoms with Crippen LogP contribution in [-0.4, -0.2) is 21.2 Å². The fourth-order valence-electron chi connectivity index (χ4n) is 1.98. The summed E-state index contributed by atoms with van der Waals surface area (Å²) >= 11 is 6.66. The first kappa shape index (κ1) is 14.3. The van der Waals surface area contributed by atoms with E-state index in [1.54, 1.807) is 4.90 Å². The van der Waals surface area contributed by atoms with Crippen molar-refractivity contribution in [3.63, 3.8) is 0 Å². The quantitative estimate of drug-likeness (QED) is 0.608. The van der Waals surface area contributed by atoms with Crippen LogP contribution in [0.1, 0.15) is 30.5 Å². The second kappa shape index (κ2) is 5.47. The number of hydrogen-bond donors (Lipinski definition) is 0. The van der Waals surface area contributed by atoms with E-state index in [1.807, 2.05) is 19.9 Å². The van der Waals surface area contributed by atoms with Crippen LogP contribution in [0, 0.1) is 13.8 Å². The van der Waals surface area contributed by atoms with Crippen molar-refractivity contribution in [1.29, 1.82) is 0 Å². The molecular formula is C15H17NOS2. The van der Waals surface area contributed by atoms with Crippen LogP contribution in [-0.2, 0) is 4.79 Å². The van der Waals surface area contributed by atoms with Gasteiger partial charge >= 0.3 is 0 Å². The highest BCUT2D eigenvalue weighted by Gasteiger charge is 2.33. The average Bonchev–Trinajstić information content (AvgIpc) is 2.59. The van der Waals surface area contributed by atoms with Crippen LogP contribution in [0.3, 0.4) is 0 Å². The number of carbonyl (C=O) groups is 1. The van der Waals surface area contributed by atoms with Gasteiger partial charge in [0.2, 0.25) is 0 Å². The maximum absolute atomic E-state index is 12.3. The van der Waals surface area contributed by atoms with Crippen molar-refractivity contribution in [3.05, 3.63) is 39.8 Å². The zero-order valence-corrected chi connectivity index (χ0v) is 13.2. The molecule has 0 saturated carbocycles. The lowest BCUT2D eigenvalue weighted by atomic mass is 10.1. The van der Waals surface area contributed by atoms with Crippen molar-refractivity contribution >= 4 is 40.3 Å². The molecule has 1 saturated heterocycles. The van der Waals surface area contributed by atoms with Crippen LogP contribution in [0.4, 0.5) is 0 Å². The predicted octanol–water partition coefficient (Wildman–Crippen LogP) is 3.91. The van der Waals surface area contributed by atoms with Gasteiger partial charge in [0.15, 0.2) is 0 Å². The van der Waals surface area contributed by atoms with E-state index in [-0.39, 0.29) is 11.9 Å². The Labute approximate surface area is 123 Å². The predicted molar refractivity (Wildman–Crippen MR) is 86.1 cm³/mol. The second-order valence-electron chi connectivity index (χ2n) is 5.01. The molecule has 0 unspecified atom stereocenters. The molecule has 0 atom stereocenters. The van der Waals surface area contributed by atoms with Crippen LogP contribution >= 0.6 is 24.0 Å². The van der Waals surface area contributed by atoms with Crippen LogP contribution in [0.15, 0.2) is 23.1 Å². The maximum Gasteiger partial charge on any atom is 0.266 e. The van der Waals surface area contributed by atoms with Gasteiger partial charge in [0, 0.05) is 6.04 Å². The highest BCUT2D eigenvalue weighted by molar-refractivity contribution is 8.26. The summed E-state index contributed by atoms with van der Waals surface area (Å²) in [6, 6.07) is 6.35. The number of thiocarbonyl (C=S) groups is 1. The van der Waals surface area contributed by atoms with Crippen LogP contribution in [0.25, 0.3) is 6.08 Å². The molecule has 1 aliphatic heterocycles. The number of aryl methyl sites for hydroxylation is 2. The van der Waals surface area contributed by atoms with Crippen molar-refractivity contribution < 1.29 is 4.79 Å². The molecule has 0 bridgehead atoms. The first-order chi connectivity index (χ1) is 8.90. The van der Waals surface area contributed by atoms with Crippen molar-refractivity contribution in [1.82, 2.24) is 4.90 Å². The zero-order chi connectivity index (χ0) is 14.2. The van der Waals surface area contributed by atoms with Gasteiger partial charge < -0.3 is 0 Å². The highest BCUT2D eigenvalue weighted by atomic mass is 32.2. The number of rotatable bonds is 2. The summed E-state index contributed by atoms with van der Waals surface area (Å²) in [4.78, 5) is 14.7. The van der Waals surface area contributed by atoms with Crippen LogP contribution in [0.5, 0.6) is 0 Å². The van der Waals surface area contributed by atoms with Gasteiger partial charge in [-0.1, -0.05) is 47.7 Å². The molecule has 19 heavy (non-hydrogen) atoms. The molecule has 0 N–H and O–H groups in total. The van der Waals surface area contributed by atoms with Gasteiger partial charge in [-0.3, -0.25) is 9.69 Å². The number of benzene rings is 1. The number of hydrogen-bond acceptors (Lipinski definition) is 3. The summed E-state index contributed by atoms with van der Waals surface area (Å²) in [7, 11) is 0. The third kappa shape index (κ3) is 2.90. The molecule has 2 nitrogen and oxygen atoms in total. The third-order valence-electron chi connectivity index (χ3n) is 3.06. The molecule has 1 fully saturated rings. The Kier molecular flexibility index (Phi) is 4.11. The van der Waals surface area contributed by atoms with E-state index in [9.17, 15) is 4.79 Å². The molecule has 100 valence electrons. The van der Waals surface area contributed by atoms with E-state index in [0.717, 1.165) is 5.56 Å². The molecule has 1 aromatic carbocycles. The van der Waals surface area contributed by atoms with E-state index < -0.39 is 0 Å². The Hall–Kier alpha value is -1.13. The topological polar surface area (TPSA) is 20.3 Å². The molecule has 1 aliphatic rings. The minimum Gasteiger partial charge on any atom is -0.290 e. The lowest BCUT2D eigenvalue weighted by molar-refractivity contribution is -0.123. The Balaban J connectivity index is 2.38. The number of nitrogens with zero attached hydrogens (tertiary/aromatic N) is 1. The van der Waals surface area contributed by atoms with Gasteiger partial charge in [-0.2, -0.15) is 0 Å². The molecule has 1 amide bonds. The fraction of sp³-hybridized carbons (Fsp3) is 0.333. The van der Waals surface area contributed by atoms with Gasteiger partial charge in [0.25, 0.3) is 5.91 Å². The van der Waals surface area contributed by atoms with Crippen LogP contribution in [0.2, 0.25) is 0 Å². The summed E-state index contributed by atoms with van der Waals surface area (Å²) in [5.41, 5.74) is 3.45. The lowest BCUT2D eigenvalue weighted by Crippen LogP contribution is -2.34. The molecule has 0 spiro atoms. The van der Waals surface area contributed by atoms with Gasteiger partial charge in [0.05, 0.1) is 4.91 Å². The van der Waals surface area contributed by atoms with E-state index in [2.05, 4.69) is 32.0 Å². The fourth-order valence-corrected chi connectivity index (χ4v) is 3.50. The van der Waals surface area contributed by atoms with E-state index >= 15 is 0 Å². The molecule has 0 aliphatic carbocycles. The summed E-state index contributed by atoms with van der Waals surface area (Å²) < 4.78 is 0.650. The van der Waals surface area contributed by atoms with Crippen LogP contribution < -0.4 is 0 Å². The largest absolute Gasteiger partial charge is 0.290 e. The monoisotopic (exact) mass is 291 g/mol. The minimum atomic E-state index is 0.0194.